The van der Waals surface area contributed by atoms with E-state index in [2.05, 4.69) is 0 Å². The lowest BCUT2D eigenvalue weighted by atomic mass is 10.1. The first-order chi connectivity index (χ1) is 9.15. The molecule has 1 saturated heterocycles. The fraction of sp³-hybridized carbons (Fsp3) is 0.429. The van der Waals surface area contributed by atoms with Crippen LogP contribution in [0.3, 0.4) is 0 Å². The maximum atomic E-state index is 11.9. The van der Waals surface area contributed by atoms with Gasteiger partial charge in [0.25, 0.3) is 0 Å². The molecule has 19 heavy (non-hydrogen) atoms. The lowest BCUT2D eigenvalue weighted by Crippen LogP contribution is -2.25. The molecule has 0 aliphatic carbocycles. The van der Waals surface area contributed by atoms with E-state index in [1.54, 1.807) is 30.0 Å². The number of benzene rings is 1. The Morgan fingerprint density at radius 2 is 2.32 bits per heavy atom. The fourth-order valence-electron chi connectivity index (χ4n) is 2.20. The van der Waals surface area contributed by atoms with Crippen LogP contribution in [-0.4, -0.2) is 31.6 Å². The zero-order valence-electron chi connectivity index (χ0n) is 11.0. The number of rotatable bonds is 4. The molecule has 0 saturated carbocycles. The summed E-state index contributed by atoms with van der Waals surface area (Å²) in [5.74, 6) is -0.124. The second-order valence-corrected chi connectivity index (χ2v) is 4.58. The molecule has 1 aliphatic heterocycles. The van der Waals surface area contributed by atoms with Crippen molar-refractivity contribution in [2.24, 2.45) is 11.7 Å². The molecule has 5 heteroatoms. The zero-order chi connectivity index (χ0) is 13.8. The van der Waals surface area contributed by atoms with Crippen molar-refractivity contribution in [2.75, 3.05) is 24.6 Å². The first-order valence-corrected chi connectivity index (χ1v) is 6.43. The van der Waals surface area contributed by atoms with Gasteiger partial charge in [-0.2, -0.15) is 0 Å². The van der Waals surface area contributed by atoms with Crippen molar-refractivity contribution in [3.63, 3.8) is 0 Å². The van der Waals surface area contributed by atoms with Crippen molar-refractivity contribution in [3.05, 3.63) is 29.8 Å². The molecule has 1 unspecified atom stereocenters. The van der Waals surface area contributed by atoms with E-state index in [4.69, 9.17) is 10.5 Å². The molecule has 0 bridgehead atoms. The Bertz CT molecular complexity index is 487. The van der Waals surface area contributed by atoms with Gasteiger partial charge in [0.2, 0.25) is 5.91 Å². The molecule has 0 aromatic heterocycles. The zero-order valence-corrected chi connectivity index (χ0v) is 11.0. The van der Waals surface area contributed by atoms with Crippen molar-refractivity contribution < 1.29 is 14.3 Å². The quantitative estimate of drug-likeness (QED) is 0.827. The largest absolute Gasteiger partial charge is 0.462 e. The van der Waals surface area contributed by atoms with Crippen molar-refractivity contribution in [1.29, 1.82) is 0 Å². The predicted molar refractivity (Wildman–Crippen MR) is 71.9 cm³/mol. The Kier molecular flexibility index (Phi) is 4.16. The van der Waals surface area contributed by atoms with Crippen LogP contribution in [0, 0.1) is 5.92 Å². The van der Waals surface area contributed by atoms with Crippen LogP contribution < -0.4 is 10.6 Å². The van der Waals surface area contributed by atoms with Gasteiger partial charge in [-0.3, -0.25) is 4.79 Å². The average molecular weight is 262 g/mol. The number of nitrogens with zero attached hydrogens (tertiary/aromatic N) is 1. The van der Waals surface area contributed by atoms with Crippen LogP contribution >= 0.6 is 0 Å². The van der Waals surface area contributed by atoms with Crippen LogP contribution in [0.1, 0.15) is 23.7 Å². The van der Waals surface area contributed by atoms with E-state index < -0.39 is 0 Å². The van der Waals surface area contributed by atoms with Gasteiger partial charge in [-0.25, -0.2) is 4.79 Å². The van der Waals surface area contributed by atoms with Crippen LogP contribution in [0.25, 0.3) is 0 Å². The van der Waals surface area contributed by atoms with Crippen LogP contribution in [0.4, 0.5) is 5.69 Å². The van der Waals surface area contributed by atoms with Gasteiger partial charge in [0.15, 0.2) is 0 Å². The molecule has 1 fully saturated rings. The van der Waals surface area contributed by atoms with Crippen LogP contribution in [0.5, 0.6) is 0 Å². The Morgan fingerprint density at radius 1 is 1.53 bits per heavy atom. The molecule has 1 aromatic rings. The van der Waals surface area contributed by atoms with Crippen molar-refractivity contribution in [3.8, 4) is 0 Å². The van der Waals surface area contributed by atoms with Gasteiger partial charge in [0.05, 0.1) is 12.2 Å². The fourth-order valence-corrected chi connectivity index (χ4v) is 2.20. The number of esters is 1. The summed E-state index contributed by atoms with van der Waals surface area (Å²) < 4.78 is 4.95. The van der Waals surface area contributed by atoms with E-state index >= 15 is 0 Å². The summed E-state index contributed by atoms with van der Waals surface area (Å²) in [7, 11) is 0. The summed E-state index contributed by atoms with van der Waals surface area (Å²) in [5.41, 5.74) is 6.79. The number of nitrogens with two attached hydrogens (primary N) is 1. The number of hydrogen-bond donors (Lipinski definition) is 1. The number of ether oxygens (including phenoxy) is 1. The molecule has 1 amide bonds. The first kappa shape index (κ1) is 13.5. The third-order valence-corrected chi connectivity index (χ3v) is 3.21. The monoisotopic (exact) mass is 262 g/mol. The van der Waals surface area contributed by atoms with Gasteiger partial charge in [-0.1, -0.05) is 6.07 Å². The molecule has 102 valence electrons. The minimum atomic E-state index is -0.369. The summed E-state index contributed by atoms with van der Waals surface area (Å²) in [6.45, 7) is 3.21. The Hall–Kier alpha value is -1.88. The van der Waals surface area contributed by atoms with E-state index in [9.17, 15) is 9.59 Å². The molecular weight excluding hydrogens is 244 g/mol. The summed E-state index contributed by atoms with van der Waals surface area (Å²) in [4.78, 5) is 25.3. The van der Waals surface area contributed by atoms with Gasteiger partial charge in [-0.15, -0.1) is 0 Å². The summed E-state index contributed by atoms with van der Waals surface area (Å²) in [6.07, 6.45) is 0.472. The number of carbonyl (C=O) groups excluding carboxylic acids is 2. The van der Waals surface area contributed by atoms with E-state index in [0.717, 1.165) is 5.69 Å². The van der Waals surface area contributed by atoms with Crippen molar-refractivity contribution in [1.82, 2.24) is 0 Å². The third kappa shape index (κ3) is 2.93. The standard InChI is InChI=1S/C14H18N2O3/c1-2-19-14(18)11-4-3-5-12(7-11)16-9-10(8-15)6-13(16)17/h3-5,7,10H,2,6,8-9,15H2,1H3. The molecular formula is C14H18N2O3. The van der Waals surface area contributed by atoms with Gasteiger partial charge < -0.3 is 15.4 Å². The minimum absolute atomic E-state index is 0.0523. The first-order valence-electron chi connectivity index (χ1n) is 6.43. The van der Waals surface area contributed by atoms with Crippen molar-refractivity contribution in [2.45, 2.75) is 13.3 Å². The normalized spacial score (nSPS) is 18.7. The van der Waals surface area contributed by atoms with Gasteiger partial charge >= 0.3 is 5.97 Å². The number of carbonyl (C=O) groups is 2. The lowest BCUT2D eigenvalue weighted by Gasteiger charge is -2.17. The minimum Gasteiger partial charge on any atom is -0.462 e. The highest BCUT2D eigenvalue weighted by Gasteiger charge is 2.29. The molecule has 0 spiro atoms. The van der Waals surface area contributed by atoms with Crippen LogP contribution in [-0.2, 0) is 9.53 Å². The van der Waals surface area contributed by atoms with Gasteiger partial charge in [0.1, 0.15) is 0 Å². The highest BCUT2D eigenvalue weighted by Crippen LogP contribution is 2.25. The summed E-state index contributed by atoms with van der Waals surface area (Å²) in [6, 6.07) is 6.95. The smallest absolute Gasteiger partial charge is 0.338 e. The molecule has 1 heterocycles. The lowest BCUT2D eigenvalue weighted by molar-refractivity contribution is -0.117. The van der Waals surface area contributed by atoms with E-state index in [1.807, 2.05) is 6.07 Å². The Labute approximate surface area is 112 Å². The molecule has 2 N–H and O–H groups in total. The molecule has 2 rings (SSSR count). The van der Waals surface area contributed by atoms with Gasteiger partial charge in [-0.05, 0) is 37.6 Å². The number of anilines is 1. The second kappa shape index (κ2) is 5.84. The number of amides is 1. The summed E-state index contributed by atoms with van der Waals surface area (Å²) >= 11 is 0. The summed E-state index contributed by atoms with van der Waals surface area (Å²) in [5, 5.41) is 0. The predicted octanol–water partition coefficient (Wildman–Crippen LogP) is 1.17. The SMILES string of the molecule is CCOC(=O)c1cccc(N2CC(CN)CC2=O)c1. The van der Waals surface area contributed by atoms with E-state index in [-0.39, 0.29) is 17.8 Å². The van der Waals surface area contributed by atoms with E-state index in [0.29, 0.717) is 31.7 Å². The third-order valence-electron chi connectivity index (χ3n) is 3.21. The maximum Gasteiger partial charge on any atom is 0.338 e. The van der Waals surface area contributed by atoms with Crippen LogP contribution in [0.2, 0.25) is 0 Å². The Morgan fingerprint density at radius 3 is 2.95 bits per heavy atom. The molecule has 1 atom stereocenters. The molecule has 5 nitrogen and oxygen atoms in total. The highest BCUT2D eigenvalue weighted by molar-refractivity contribution is 5.97. The average Bonchev–Trinajstić information content (AvgIpc) is 2.80. The number of hydrogen-bond acceptors (Lipinski definition) is 4. The van der Waals surface area contributed by atoms with E-state index in [1.165, 1.54) is 0 Å². The Balaban J connectivity index is 2.19. The van der Waals surface area contributed by atoms with Gasteiger partial charge in [0, 0.05) is 18.7 Å². The molecule has 1 aromatic carbocycles. The van der Waals surface area contributed by atoms with Crippen molar-refractivity contribution >= 4 is 17.6 Å². The second-order valence-electron chi connectivity index (χ2n) is 4.58. The maximum absolute atomic E-state index is 11.9. The molecule has 0 radical (unpaired) electrons. The highest BCUT2D eigenvalue weighted by atomic mass is 16.5. The molecule has 1 aliphatic rings. The van der Waals surface area contributed by atoms with Crippen LogP contribution in [0.15, 0.2) is 24.3 Å². The topological polar surface area (TPSA) is 72.6 Å².